The molecule has 0 fully saturated rings. The van der Waals surface area contributed by atoms with E-state index in [0.717, 1.165) is 5.56 Å². The summed E-state index contributed by atoms with van der Waals surface area (Å²) in [5.74, 6) is 0. The predicted octanol–water partition coefficient (Wildman–Crippen LogP) is 3.58. The van der Waals surface area contributed by atoms with Crippen LogP contribution in [-0.2, 0) is 5.60 Å². The van der Waals surface area contributed by atoms with Gasteiger partial charge >= 0.3 is 0 Å². The van der Waals surface area contributed by atoms with Crippen molar-refractivity contribution in [1.29, 1.82) is 0 Å². The third-order valence-corrected chi connectivity index (χ3v) is 3.84. The normalized spacial score (nSPS) is 13.5. The van der Waals surface area contributed by atoms with Crippen LogP contribution in [0.25, 0.3) is 0 Å². The first-order valence-corrected chi connectivity index (χ1v) is 7.03. The highest BCUT2D eigenvalue weighted by molar-refractivity contribution is 6.31. The second-order valence-electron chi connectivity index (χ2n) is 4.92. The van der Waals surface area contributed by atoms with E-state index in [1.807, 2.05) is 42.5 Å². The van der Waals surface area contributed by atoms with E-state index in [1.165, 1.54) is 5.01 Å². The molecule has 1 atom stereocenters. The molecule has 0 bridgehead atoms. The Morgan fingerprint density at radius 2 is 1.76 bits per heavy atom. The number of hydrogen-bond donors (Lipinski definition) is 1. The average Bonchev–Trinajstić information content (AvgIpc) is 2.53. The lowest BCUT2D eigenvalue weighted by atomic mass is 9.83. The number of halogens is 1. The Balaban J connectivity index is 2.44. The molecule has 0 saturated carbocycles. The molecule has 2 rings (SSSR count). The molecule has 21 heavy (non-hydrogen) atoms. The molecule has 4 nitrogen and oxygen atoms in total. The Kier molecular flexibility index (Phi) is 4.94. The van der Waals surface area contributed by atoms with Crippen molar-refractivity contribution in [3.63, 3.8) is 0 Å². The van der Waals surface area contributed by atoms with Crippen LogP contribution in [0.3, 0.4) is 0 Å². The van der Waals surface area contributed by atoms with Gasteiger partial charge in [0.15, 0.2) is 0 Å². The summed E-state index contributed by atoms with van der Waals surface area (Å²) in [4.78, 5) is 10.5. The van der Waals surface area contributed by atoms with Crippen LogP contribution in [0, 0.1) is 4.91 Å². The zero-order valence-corrected chi connectivity index (χ0v) is 12.5. The summed E-state index contributed by atoms with van der Waals surface area (Å²) in [6.07, 6.45) is 0.309. The van der Waals surface area contributed by atoms with Gasteiger partial charge in [-0.3, -0.25) is 5.01 Å². The molecule has 0 aliphatic rings. The molecule has 2 aromatic rings. The molecule has 0 heterocycles. The number of aliphatic hydroxyl groups is 1. The third kappa shape index (κ3) is 3.40. The van der Waals surface area contributed by atoms with Gasteiger partial charge in [0.2, 0.25) is 0 Å². The summed E-state index contributed by atoms with van der Waals surface area (Å²) >= 11 is 6.25. The summed E-state index contributed by atoms with van der Waals surface area (Å²) in [5, 5.41) is 15.8. The first-order valence-electron chi connectivity index (χ1n) is 6.65. The maximum Gasteiger partial charge on any atom is 0.118 e. The minimum Gasteiger partial charge on any atom is -0.380 e. The van der Waals surface area contributed by atoms with E-state index >= 15 is 0 Å². The second kappa shape index (κ2) is 6.70. The second-order valence-corrected chi connectivity index (χ2v) is 5.33. The number of nitrogens with zero attached hydrogens (tertiary/aromatic N) is 2. The lowest BCUT2D eigenvalue weighted by Gasteiger charge is -2.31. The molecule has 0 aromatic heterocycles. The molecule has 0 radical (unpaired) electrons. The van der Waals surface area contributed by atoms with Crippen molar-refractivity contribution in [2.75, 3.05) is 13.6 Å². The Morgan fingerprint density at radius 3 is 2.38 bits per heavy atom. The highest BCUT2D eigenvalue weighted by atomic mass is 35.5. The minimum atomic E-state index is -1.27. The standard InChI is InChI=1S/C16H17ClN2O2/c1-19(18-21)12-11-16(20,13-7-3-2-4-8-13)14-9-5-6-10-15(14)17/h2-10,20H,11-12H2,1H3. The van der Waals surface area contributed by atoms with E-state index in [-0.39, 0.29) is 0 Å². The van der Waals surface area contributed by atoms with Gasteiger partial charge in [0.05, 0.1) is 5.29 Å². The van der Waals surface area contributed by atoms with E-state index in [2.05, 4.69) is 5.29 Å². The van der Waals surface area contributed by atoms with Crippen LogP contribution in [0.2, 0.25) is 5.02 Å². The van der Waals surface area contributed by atoms with Crippen molar-refractivity contribution in [2.45, 2.75) is 12.0 Å². The van der Waals surface area contributed by atoms with E-state index < -0.39 is 5.60 Å². The topological polar surface area (TPSA) is 52.9 Å². The van der Waals surface area contributed by atoms with Crippen LogP contribution in [0.15, 0.2) is 59.9 Å². The summed E-state index contributed by atoms with van der Waals surface area (Å²) in [6.45, 7) is 0.320. The van der Waals surface area contributed by atoms with Crippen LogP contribution < -0.4 is 0 Å². The van der Waals surface area contributed by atoms with Gasteiger partial charge in [-0.2, -0.15) is 0 Å². The largest absolute Gasteiger partial charge is 0.380 e. The molecule has 0 amide bonds. The first kappa shape index (κ1) is 15.5. The predicted molar refractivity (Wildman–Crippen MR) is 83.9 cm³/mol. The minimum absolute atomic E-state index is 0.309. The van der Waals surface area contributed by atoms with E-state index in [1.54, 1.807) is 19.2 Å². The molecular weight excluding hydrogens is 288 g/mol. The monoisotopic (exact) mass is 304 g/mol. The number of nitroso groups, excluding NO2 is 1. The summed E-state index contributed by atoms with van der Waals surface area (Å²) in [6, 6.07) is 16.5. The fourth-order valence-electron chi connectivity index (χ4n) is 2.31. The summed E-state index contributed by atoms with van der Waals surface area (Å²) < 4.78 is 0. The van der Waals surface area contributed by atoms with Crippen molar-refractivity contribution in [3.8, 4) is 0 Å². The van der Waals surface area contributed by atoms with Crippen LogP contribution >= 0.6 is 11.6 Å². The maximum absolute atomic E-state index is 11.2. The van der Waals surface area contributed by atoms with Gasteiger partial charge < -0.3 is 5.11 Å². The third-order valence-electron chi connectivity index (χ3n) is 3.51. The molecular formula is C16H17ClN2O2. The van der Waals surface area contributed by atoms with Crippen LogP contribution in [0.4, 0.5) is 0 Å². The highest BCUT2D eigenvalue weighted by Crippen LogP contribution is 2.37. The fourth-order valence-corrected chi connectivity index (χ4v) is 2.60. The molecule has 0 saturated heterocycles. The van der Waals surface area contributed by atoms with Crippen molar-refractivity contribution in [1.82, 2.24) is 5.01 Å². The van der Waals surface area contributed by atoms with Gasteiger partial charge in [0, 0.05) is 30.6 Å². The molecule has 1 N–H and O–H groups in total. The number of rotatable bonds is 6. The maximum atomic E-state index is 11.2. The lowest BCUT2D eigenvalue weighted by molar-refractivity contribution is 0.0606. The highest BCUT2D eigenvalue weighted by Gasteiger charge is 2.33. The number of benzene rings is 2. The van der Waals surface area contributed by atoms with Crippen molar-refractivity contribution < 1.29 is 5.11 Å². The molecule has 0 spiro atoms. The van der Waals surface area contributed by atoms with Gasteiger partial charge in [0.25, 0.3) is 0 Å². The van der Waals surface area contributed by atoms with Gasteiger partial charge in [-0.05, 0) is 11.6 Å². The van der Waals surface area contributed by atoms with Gasteiger partial charge in [0.1, 0.15) is 5.60 Å². The molecule has 2 aromatic carbocycles. The van der Waals surface area contributed by atoms with Crippen LogP contribution in [0.1, 0.15) is 17.5 Å². The fraction of sp³-hybridized carbons (Fsp3) is 0.250. The molecule has 0 aliphatic heterocycles. The Bertz CT molecular complexity index is 606. The molecule has 5 heteroatoms. The van der Waals surface area contributed by atoms with E-state index in [0.29, 0.717) is 23.6 Å². The van der Waals surface area contributed by atoms with Crippen LogP contribution in [0.5, 0.6) is 0 Å². The van der Waals surface area contributed by atoms with E-state index in [4.69, 9.17) is 11.6 Å². The zero-order valence-electron chi connectivity index (χ0n) is 11.7. The molecule has 1 unspecified atom stereocenters. The van der Waals surface area contributed by atoms with Crippen LogP contribution in [-0.4, -0.2) is 23.7 Å². The lowest BCUT2D eigenvalue weighted by Crippen LogP contribution is -2.31. The molecule has 0 aliphatic carbocycles. The zero-order chi connectivity index (χ0) is 15.3. The average molecular weight is 305 g/mol. The quantitative estimate of drug-likeness (QED) is 0.655. The smallest absolute Gasteiger partial charge is 0.118 e. The van der Waals surface area contributed by atoms with Gasteiger partial charge in [-0.1, -0.05) is 60.1 Å². The Morgan fingerprint density at radius 1 is 1.14 bits per heavy atom. The van der Waals surface area contributed by atoms with E-state index in [9.17, 15) is 10.0 Å². The van der Waals surface area contributed by atoms with Gasteiger partial charge in [-0.15, -0.1) is 4.91 Å². The Labute approximate surface area is 128 Å². The van der Waals surface area contributed by atoms with Crippen molar-refractivity contribution >= 4 is 11.6 Å². The summed E-state index contributed by atoms with van der Waals surface area (Å²) in [7, 11) is 1.57. The van der Waals surface area contributed by atoms with Gasteiger partial charge in [-0.25, -0.2) is 0 Å². The Hall–Kier alpha value is -1.91. The van der Waals surface area contributed by atoms with Crippen molar-refractivity contribution in [3.05, 3.63) is 75.7 Å². The summed E-state index contributed by atoms with van der Waals surface area (Å²) in [5.41, 5.74) is 0.0908. The first-order chi connectivity index (χ1) is 10.1. The number of hydrogen-bond acceptors (Lipinski definition) is 3. The molecule has 110 valence electrons. The SMILES string of the molecule is CN(CCC(O)(c1ccccc1)c1ccccc1Cl)N=O. The van der Waals surface area contributed by atoms with Crippen molar-refractivity contribution in [2.24, 2.45) is 5.29 Å².